The van der Waals surface area contributed by atoms with Crippen LogP contribution in [0.15, 0.2) is 18.2 Å². The second-order valence-electron chi connectivity index (χ2n) is 4.77. The fraction of sp³-hybridized carbons (Fsp3) is 0.533. The van der Waals surface area contributed by atoms with Crippen LogP contribution in [0.3, 0.4) is 0 Å². The Bertz CT molecular complexity index is 429. The average molecular weight is 265 g/mol. The summed E-state index contributed by atoms with van der Waals surface area (Å²) >= 11 is 0. The van der Waals surface area contributed by atoms with E-state index in [1.165, 1.54) is 0 Å². The number of nitrogens with zero attached hydrogens (tertiary/aromatic N) is 1. The minimum absolute atomic E-state index is 0.0119. The standard InChI is InChI=1S/C15H23NO3/c1-11(2)16(9-6-10-17)13-7-5-8-14(19-4)15(13)12(3)18/h5,7-8,11,17H,6,9-10H2,1-4H3. The lowest BCUT2D eigenvalue weighted by Gasteiger charge is -2.31. The monoisotopic (exact) mass is 265 g/mol. The Labute approximate surface area is 115 Å². The fourth-order valence-electron chi connectivity index (χ4n) is 2.18. The summed E-state index contributed by atoms with van der Waals surface area (Å²) in [5, 5.41) is 9.00. The molecule has 4 heteroatoms. The van der Waals surface area contributed by atoms with Crippen LogP contribution in [-0.2, 0) is 0 Å². The minimum Gasteiger partial charge on any atom is -0.496 e. The summed E-state index contributed by atoms with van der Waals surface area (Å²) in [6.45, 7) is 6.54. The zero-order valence-corrected chi connectivity index (χ0v) is 12.1. The summed E-state index contributed by atoms with van der Waals surface area (Å²) in [6, 6.07) is 5.85. The van der Waals surface area contributed by atoms with E-state index in [0.717, 1.165) is 5.69 Å². The van der Waals surface area contributed by atoms with Crippen molar-refractivity contribution in [3.05, 3.63) is 23.8 Å². The van der Waals surface area contributed by atoms with Crippen molar-refractivity contribution in [3.63, 3.8) is 0 Å². The predicted molar refractivity (Wildman–Crippen MR) is 77.2 cm³/mol. The molecule has 0 amide bonds. The summed E-state index contributed by atoms with van der Waals surface area (Å²) in [6.07, 6.45) is 0.673. The highest BCUT2D eigenvalue weighted by Crippen LogP contribution is 2.31. The van der Waals surface area contributed by atoms with Gasteiger partial charge in [-0.2, -0.15) is 0 Å². The van der Waals surface area contributed by atoms with E-state index in [-0.39, 0.29) is 18.4 Å². The lowest BCUT2D eigenvalue weighted by molar-refractivity contribution is 0.101. The predicted octanol–water partition coefficient (Wildman–Crippen LogP) is 2.50. The van der Waals surface area contributed by atoms with E-state index in [1.807, 2.05) is 12.1 Å². The third kappa shape index (κ3) is 3.70. The molecule has 0 aromatic heterocycles. The molecule has 0 fully saturated rings. The minimum atomic E-state index is -0.0119. The van der Waals surface area contributed by atoms with Gasteiger partial charge in [0.05, 0.1) is 18.4 Å². The molecule has 4 nitrogen and oxygen atoms in total. The van der Waals surface area contributed by atoms with Crippen LogP contribution in [0.25, 0.3) is 0 Å². The summed E-state index contributed by atoms with van der Waals surface area (Å²) in [5.41, 5.74) is 1.48. The van der Waals surface area contributed by atoms with Crippen molar-refractivity contribution in [1.82, 2.24) is 0 Å². The number of benzene rings is 1. The second kappa shape index (κ2) is 7.14. The van der Waals surface area contributed by atoms with Gasteiger partial charge in [-0.25, -0.2) is 0 Å². The van der Waals surface area contributed by atoms with E-state index >= 15 is 0 Å². The van der Waals surface area contributed by atoms with E-state index in [2.05, 4.69) is 18.7 Å². The van der Waals surface area contributed by atoms with Crippen molar-refractivity contribution < 1.29 is 14.6 Å². The van der Waals surface area contributed by atoms with Gasteiger partial charge < -0.3 is 14.7 Å². The molecule has 0 heterocycles. The van der Waals surface area contributed by atoms with Gasteiger partial charge in [-0.05, 0) is 39.3 Å². The first-order chi connectivity index (χ1) is 9.02. The van der Waals surface area contributed by atoms with E-state index in [9.17, 15) is 4.79 Å². The second-order valence-corrected chi connectivity index (χ2v) is 4.77. The summed E-state index contributed by atoms with van der Waals surface area (Å²) in [7, 11) is 1.57. The first-order valence-corrected chi connectivity index (χ1v) is 6.58. The molecule has 19 heavy (non-hydrogen) atoms. The lowest BCUT2D eigenvalue weighted by atomic mass is 10.1. The van der Waals surface area contributed by atoms with Gasteiger partial charge in [-0.15, -0.1) is 0 Å². The van der Waals surface area contributed by atoms with Crippen LogP contribution in [0.2, 0.25) is 0 Å². The van der Waals surface area contributed by atoms with Crippen LogP contribution in [0.1, 0.15) is 37.6 Å². The van der Waals surface area contributed by atoms with Crippen molar-refractivity contribution in [2.45, 2.75) is 33.2 Å². The zero-order chi connectivity index (χ0) is 14.4. The average Bonchev–Trinajstić information content (AvgIpc) is 2.38. The third-order valence-corrected chi connectivity index (χ3v) is 3.07. The smallest absolute Gasteiger partial charge is 0.165 e. The molecule has 0 saturated carbocycles. The SMILES string of the molecule is COc1cccc(N(CCCO)C(C)C)c1C(C)=O. The molecule has 0 aliphatic heterocycles. The number of hydrogen-bond donors (Lipinski definition) is 1. The molecule has 1 aromatic rings. The van der Waals surface area contributed by atoms with Crippen molar-refractivity contribution in [3.8, 4) is 5.75 Å². The highest BCUT2D eigenvalue weighted by atomic mass is 16.5. The van der Waals surface area contributed by atoms with E-state index < -0.39 is 0 Å². The summed E-state index contributed by atoms with van der Waals surface area (Å²) in [4.78, 5) is 14.0. The lowest BCUT2D eigenvalue weighted by Crippen LogP contribution is -2.33. The van der Waals surface area contributed by atoms with Gasteiger partial charge in [-0.3, -0.25) is 4.79 Å². The number of carbonyl (C=O) groups excluding carboxylic acids is 1. The normalized spacial score (nSPS) is 10.6. The first kappa shape index (κ1) is 15.5. The number of methoxy groups -OCH3 is 1. The number of ketones is 1. The summed E-state index contributed by atoms with van der Waals surface area (Å²) < 4.78 is 5.28. The molecular weight excluding hydrogens is 242 g/mol. The molecular formula is C15H23NO3. The molecule has 106 valence electrons. The van der Waals surface area contributed by atoms with Crippen molar-refractivity contribution in [2.24, 2.45) is 0 Å². The van der Waals surface area contributed by atoms with Crippen LogP contribution in [0.5, 0.6) is 5.75 Å². The van der Waals surface area contributed by atoms with Crippen molar-refractivity contribution in [2.75, 3.05) is 25.2 Å². The Kier molecular flexibility index (Phi) is 5.83. The first-order valence-electron chi connectivity index (χ1n) is 6.58. The molecule has 1 N–H and O–H groups in total. The molecule has 0 aliphatic rings. The molecule has 0 spiro atoms. The van der Waals surface area contributed by atoms with Crippen LogP contribution in [0, 0.1) is 0 Å². The quantitative estimate of drug-likeness (QED) is 0.770. The molecule has 0 saturated heterocycles. The molecule has 0 aliphatic carbocycles. The maximum absolute atomic E-state index is 11.9. The van der Waals surface area contributed by atoms with Gasteiger partial charge in [-0.1, -0.05) is 6.07 Å². The van der Waals surface area contributed by atoms with Gasteiger partial charge >= 0.3 is 0 Å². The van der Waals surface area contributed by atoms with E-state index in [1.54, 1.807) is 20.1 Å². The van der Waals surface area contributed by atoms with Crippen LogP contribution in [0.4, 0.5) is 5.69 Å². The topological polar surface area (TPSA) is 49.8 Å². The maximum Gasteiger partial charge on any atom is 0.165 e. The molecule has 0 bridgehead atoms. The largest absolute Gasteiger partial charge is 0.496 e. The number of rotatable bonds is 7. The van der Waals surface area contributed by atoms with Crippen LogP contribution >= 0.6 is 0 Å². The zero-order valence-electron chi connectivity index (χ0n) is 12.1. The number of Topliss-reactive ketones (excluding diaryl/α,β-unsaturated/α-hetero) is 1. The van der Waals surface area contributed by atoms with E-state index in [4.69, 9.17) is 9.84 Å². The number of aliphatic hydroxyl groups is 1. The van der Waals surface area contributed by atoms with Crippen molar-refractivity contribution in [1.29, 1.82) is 0 Å². The molecule has 0 atom stereocenters. The molecule has 1 aromatic carbocycles. The van der Waals surface area contributed by atoms with Crippen LogP contribution in [-0.4, -0.2) is 37.2 Å². The van der Waals surface area contributed by atoms with E-state index in [0.29, 0.717) is 24.3 Å². The number of ether oxygens (including phenoxy) is 1. The Balaban J connectivity index is 3.25. The Morgan fingerprint density at radius 1 is 1.42 bits per heavy atom. The number of aliphatic hydroxyl groups excluding tert-OH is 1. The molecule has 0 radical (unpaired) electrons. The van der Waals surface area contributed by atoms with Gasteiger partial charge in [0.15, 0.2) is 5.78 Å². The van der Waals surface area contributed by atoms with Gasteiger partial charge in [0, 0.05) is 19.2 Å². The number of carbonyl (C=O) groups is 1. The Hall–Kier alpha value is -1.55. The molecule has 0 unspecified atom stereocenters. The Morgan fingerprint density at radius 3 is 2.58 bits per heavy atom. The highest BCUT2D eigenvalue weighted by Gasteiger charge is 2.19. The van der Waals surface area contributed by atoms with Gasteiger partial charge in [0.2, 0.25) is 0 Å². The third-order valence-electron chi connectivity index (χ3n) is 3.07. The fourth-order valence-corrected chi connectivity index (χ4v) is 2.18. The number of hydrogen-bond acceptors (Lipinski definition) is 4. The Morgan fingerprint density at radius 2 is 2.11 bits per heavy atom. The maximum atomic E-state index is 11.9. The highest BCUT2D eigenvalue weighted by molar-refractivity contribution is 6.02. The van der Waals surface area contributed by atoms with Gasteiger partial charge in [0.1, 0.15) is 5.75 Å². The summed E-state index contributed by atoms with van der Waals surface area (Å²) in [5.74, 6) is 0.585. The van der Waals surface area contributed by atoms with Crippen molar-refractivity contribution >= 4 is 11.5 Å². The van der Waals surface area contributed by atoms with Crippen LogP contribution < -0.4 is 9.64 Å². The number of anilines is 1. The molecule has 1 rings (SSSR count). The van der Waals surface area contributed by atoms with Gasteiger partial charge in [0.25, 0.3) is 0 Å².